The molecule has 0 radical (unpaired) electrons. The van der Waals surface area contributed by atoms with Crippen molar-refractivity contribution in [2.75, 3.05) is 24.3 Å². The molecule has 1 rings (SSSR count). The SMILES string of the molecule is CSCC[C@H](NC(=O)[C@@H](N)CS)C(=O)N[C@@H](Cc1ccccc1)C(=O)NCC(=O)O. The van der Waals surface area contributed by atoms with Crippen LogP contribution < -0.4 is 21.7 Å². The van der Waals surface area contributed by atoms with E-state index in [1.54, 1.807) is 24.3 Å². The summed E-state index contributed by atoms with van der Waals surface area (Å²) in [6.07, 6.45) is 2.37. The molecule has 3 atom stereocenters. The summed E-state index contributed by atoms with van der Waals surface area (Å²) in [4.78, 5) is 48.2. The standard InChI is InChI=1S/C19H28N4O5S2/c1-30-8-7-14(22-17(26)13(20)11-29)19(28)23-15(18(27)21-10-16(24)25)9-12-5-3-2-4-6-12/h2-6,13-15,29H,7-11,20H2,1H3,(H,21,27)(H,22,26)(H,23,28)(H,24,25)/t13-,14-,15-/m0/s1. The first-order chi connectivity index (χ1) is 14.3. The van der Waals surface area contributed by atoms with E-state index in [9.17, 15) is 19.2 Å². The molecule has 1 aromatic rings. The number of hydrogen-bond donors (Lipinski definition) is 6. The van der Waals surface area contributed by atoms with E-state index >= 15 is 0 Å². The third-order valence-electron chi connectivity index (χ3n) is 4.11. The smallest absolute Gasteiger partial charge is 0.322 e. The average Bonchev–Trinajstić information content (AvgIpc) is 2.74. The summed E-state index contributed by atoms with van der Waals surface area (Å²) < 4.78 is 0. The van der Waals surface area contributed by atoms with E-state index in [0.717, 1.165) is 5.56 Å². The van der Waals surface area contributed by atoms with Gasteiger partial charge in [-0.2, -0.15) is 24.4 Å². The molecule has 30 heavy (non-hydrogen) atoms. The largest absolute Gasteiger partial charge is 0.480 e. The monoisotopic (exact) mass is 456 g/mol. The summed E-state index contributed by atoms with van der Waals surface area (Å²) in [6, 6.07) is 6.24. The first-order valence-corrected chi connectivity index (χ1v) is 11.3. The predicted molar refractivity (Wildman–Crippen MR) is 119 cm³/mol. The second kappa shape index (κ2) is 13.9. The van der Waals surface area contributed by atoms with Gasteiger partial charge in [0.1, 0.15) is 18.6 Å². The molecule has 3 amide bonds. The summed E-state index contributed by atoms with van der Waals surface area (Å²) >= 11 is 5.49. The highest BCUT2D eigenvalue weighted by Gasteiger charge is 2.28. The summed E-state index contributed by atoms with van der Waals surface area (Å²) in [7, 11) is 0. The van der Waals surface area contributed by atoms with Gasteiger partial charge in [0, 0.05) is 12.2 Å². The summed E-state index contributed by atoms with van der Waals surface area (Å²) in [5.41, 5.74) is 6.46. The summed E-state index contributed by atoms with van der Waals surface area (Å²) in [5.74, 6) is -2.16. The molecule has 0 heterocycles. The van der Waals surface area contributed by atoms with E-state index in [1.165, 1.54) is 11.8 Å². The molecule has 0 aromatic heterocycles. The van der Waals surface area contributed by atoms with Crippen molar-refractivity contribution in [1.29, 1.82) is 0 Å². The Kier molecular flexibility index (Phi) is 11.9. The van der Waals surface area contributed by atoms with Gasteiger partial charge in [-0.15, -0.1) is 0 Å². The normalized spacial score (nSPS) is 13.6. The van der Waals surface area contributed by atoms with Crippen LogP contribution in [0.3, 0.4) is 0 Å². The Bertz CT molecular complexity index is 720. The predicted octanol–water partition coefficient (Wildman–Crippen LogP) is -0.590. The maximum absolute atomic E-state index is 12.8. The first-order valence-electron chi connectivity index (χ1n) is 9.28. The fourth-order valence-corrected chi connectivity index (χ4v) is 3.12. The van der Waals surface area contributed by atoms with E-state index in [4.69, 9.17) is 10.8 Å². The molecule has 166 valence electrons. The number of rotatable bonds is 13. The van der Waals surface area contributed by atoms with Gasteiger partial charge in [0.15, 0.2) is 0 Å². The number of amides is 3. The van der Waals surface area contributed by atoms with E-state index in [2.05, 4.69) is 28.6 Å². The molecule has 0 saturated heterocycles. The van der Waals surface area contributed by atoms with Crippen molar-refractivity contribution in [2.45, 2.75) is 31.0 Å². The number of thioether (sulfide) groups is 1. The van der Waals surface area contributed by atoms with Crippen molar-refractivity contribution < 1.29 is 24.3 Å². The van der Waals surface area contributed by atoms with Crippen LogP contribution in [0.4, 0.5) is 0 Å². The molecule has 0 unspecified atom stereocenters. The lowest BCUT2D eigenvalue weighted by Gasteiger charge is -2.24. The molecule has 11 heteroatoms. The van der Waals surface area contributed by atoms with Crippen molar-refractivity contribution in [3.8, 4) is 0 Å². The van der Waals surface area contributed by atoms with Crippen molar-refractivity contribution in [3.63, 3.8) is 0 Å². The van der Waals surface area contributed by atoms with Crippen molar-refractivity contribution in [1.82, 2.24) is 16.0 Å². The number of aliphatic carboxylic acids is 1. The molecular weight excluding hydrogens is 428 g/mol. The number of nitrogens with two attached hydrogens (primary N) is 1. The third-order valence-corrected chi connectivity index (χ3v) is 5.14. The van der Waals surface area contributed by atoms with Crippen LogP contribution in [0.25, 0.3) is 0 Å². The average molecular weight is 457 g/mol. The van der Waals surface area contributed by atoms with Crippen LogP contribution in [-0.4, -0.2) is 71.2 Å². The van der Waals surface area contributed by atoms with Gasteiger partial charge in [-0.3, -0.25) is 19.2 Å². The molecule has 6 N–H and O–H groups in total. The Balaban J connectivity index is 2.94. The molecule has 0 bridgehead atoms. The van der Waals surface area contributed by atoms with E-state index in [1.807, 2.05) is 12.3 Å². The maximum Gasteiger partial charge on any atom is 0.322 e. The summed E-state index contributed by atoms with van der Waals surface area (Å²) in [6.45, 7) is -0.566. The van der Waals surface area contributed by atoms with Crippen LogP contribution in [0.5, 0.6) is 0 Å². The van der Waals surface area contributed by atoms with E-state index < -0.39 is 48.4 Å². The van der Waals surface area contributed by atoms with Crippen molar-refractivity contribution >= 4 is 48.1 Å². The van der Waals surface area contributed by atoms with Gasteiger partial charge in [0.25, 0.3) is 0 Å². The Morgan fingerprint density at radius 1 is 1.07 bits per heavy atom. The van der Waals surface area contributed by atoms with Crippen molar-refractivity contribution in [3.05, 3.63) is 35.9 Å². The molecule has 0 aliphatic rings. The second-order valence-electron chi connectivity index (χ2n) is 6.49. The molecule has 0 saturated carbocycles. The lowest BCUT2D eigenvalue weighted by Crippen LogP contribution is -2.56. The molecule has 9 nitrogen and oxygen atoms in total. The highest BCUT2D eigenvalue weighted by molar-refractivity contribution is 7.98. The van der Waals surface area contributed by atoms with Gasteiger partial charge in [-0.1, -0.05) is 30.3 Å². The van der Waals surface area contributed by atoms with Crippen LogP contribution in [0.15, 0.2) is 30.3 Å². The highest BCUT2D eigenvalue weighted by Crippen LogP contribution is 2.06. The lowest BCUT2D eigenvalue weighted by molar-refractivity contribution is -0.138. The minimum atomic E-state index is -1.20. The minimum Gasteiger partial charge on any atom is -0.480 e. The molecule has 0 spiro atoms. The fourth-order valence-electron chi connectivity index (χ4n) is 2.48. The topological polar surface area (TPSA) is 151 Å². The Labute approximate surface area is 185 Å². The number of carbonyl (C=O) groups excluding carboxylic acids is 3. The summed E-state index contributed by atoms with van der Waals surface area (Å²) in [5, 5.41) is 16.3. The van der Waals surface area contributed by atoms with Gasteiger partial charge in [-0.05, 0) is 24.0 Å². The number of carboxylic acids is 1. The van der Waals surface area contributed by atoms with Crippen LogP contribution in [-0.2, 0) is 25.6 Å². The third kappa shape index (κ3) is 9.51. The van der Waals surface area contributed by atoms with E-state index in [0.29, 0.717) is 12.2 Å². The zero-order valence-electron chi connectivity index (χ0n) is 16.7. The van der Waals surface area contributed by atoms with E-state index in [-0.39, 0.29) is 12.2 Å². The fraction of sp³-hybridized carbons (Fsp3) is 0.474. The quantitative estimate of drug-likeness (QED) is 0.217. The lowest BCUT2D eigenvalue weighted by atomic mass is 10.0. The van der Waals surface area contributed by atoms with Crippen LogP contribution >= 0.6 is 24.4 Å². The second-order valence-corrected chi connectivity index (χ2v) is 7.84. The Morgan fingerprint density at radius 3 is 2.27 bits per heavy atom. The Morgan fingerprint density at radius 2 is 1.70 bits per heavy atom. The van der Waals surface area contributed by atoms with Crippen molar-refractivity contribution in [2.24, 2.45) is 5.73 Å². The van der Waals surface area contributed by atoms with Gasteiger partial charge in [0.05, 0.1) is 6.04 Å². The minimum absolute atomic E-state index is 0.122. The van der Waals surface area contributed by atoms with Crippen LogP contribution in [0, 0.1) is 0 Å². The molecule has 0 fully saturated rings. The molecule has 0 aliphatic carbocycles. The Hall–Kier alpha value is -2.24. The number of carbonyl (C=O) groups is 4. The molecular formula is C19H28N4O5S2. The van der Waals surface area contributed by atoms with Crippen LogP contribution in [0.2, 0.25) is 0 Å². The number of nitrogens with one attached hydrogen (secondary N) is 3. The maximum atomic E-state index is 12.8. The van der Waals surface area contributed by atoms with Gasteiger partial charge in [-0.25, -0.2) is 0 Å². The zero-order valence-corrected chi connectivity index (χ0v) is 18.4. The molecule has 0 aliphatic heterocycles. The number of carboxylic acid groups (broad SMARTS) is 1. The van der Waals surface area contributed by atoms with Gasteiger partial charge >= 0.3 is 5.97 Å². The first kappa shape index (κ1) is 25.8. The molecule has 1 aromatic carbocycles. The van der Waals surface area contributed by atoms with Gasteiger partial charge in [0.2, 0.25) is 17.7 Å². The zero-order chi connectivity index (χ0) is 22.5. The van der Waals surface area contributed by atoms with Crippen LogP contribution in [0.1, 0.15) is 12.0 Å². The van der Waals surface area contributed by atoms with Gasteiger partial charge < -0.3 is 26.8 Å². The highest BCUT2D eigenvalue weighted by atomic mass is 32.2. The number of thiol groups is 1. The number of hydrogen-bond acceptors (Lipinski definition) is 7. The number of benzene rings is 1.